The number of benzene rings is 1. The van der Waals surface area contributed by atoms with E-state index in [9.17, 15) is 9.90 Å². The molecular weight excluding hydrogens is 336 g/mol. The number of unbranched alkanes of at least 4 members (excludes halogenated alkanes) is 8. The first-order valence-electron chi connectivity index (χ1n) is 10.5. The fourth-order valence-corrected chi connectivity index (χ4v) is 2.78. The molecule has 0 aliphatic carbocycles. The normalized spacial score (nSPS) is 11.4. The van der Waals surface area contributed by atoms with Crippen molar-refractivity contribution in [3.8, 4) is 11.5 Å². The van der Waals surface area contributed by atoms with Gasteiger partial charge in [-0.1, -0.05) is 63.3 Å². The standard InChI is InChI=1S/C24H36O3/c1-2-3-4-5-6-7-8-9-10-11-12-13-14-15-16-17-24(26)27-23-20-18-22(25)19-21-23/h6-7,9-10,18-21,25H,2-5,8,11-17H2,1H3/b7-6-,10-9-. The highest BCUT2D eigenvalue weighted by atomic mass is 16.5. The quantitative estimate of drug-likeness (QED) is 0.154. The molecule has 0 saturated carbocycles. The molecule has 0 aliphatic rings. The number of rotatable bonds is 15. The molecular formula is C24H36O3. The molecule has 3 nitrogen and oxygen atoms in total. The van der Waals surface area contributed by atoms with Crippen LogP contribution in [0, 0.1) is 0 Å². The van der Waals surface area contributed by atoms with Gasteiger partial charge in [-0.2, -0.15) is 0 Å². The van der Waals surface area contributed by atoms with Crippen molar-refractivity contribution in [3.63, 3.8) is 0 Å². The van der Waals surface area contributed by atoms with Gasteiger partial charge in [-0.05, 0) is 62.8 Å². The minimum Gasteiger partial charge on any atom is -0.508 e. The maximum absolute atomic E-state index is 11.7. The molecule has 1 aromatic rings. The first-order valence-corrected chi connectivity index (χ1v) is 10.5. The van der Waals surface area contributed by atoms with Crippen molar-refractivity contribution in [2.24, 2.45) is 0 Å². The van der Waals surface area contributed by atoms with Gasteiger partial charge in [0, 0.05) is 6.42 Å². The molecule has 1 N–H and O–H groups in total. The molecule has 1 rings (SSSR count). The van der Waals surface area contributed by atoms with Crippen LogP contribution in [-0.4, -0.2) is 11.1 Å². The van der Waals surface area contributed by atoms with Crippen molar-refractivity contribution >= 4 is 5.97 Å². The third-order valence-electron chi connectivity index (χ3n) is 4.40. The number of hydrogen-bond acceptors (Lipinski definition) is 3. The molecule has 0 bridgehead atoms. The van der Waals surface area contributed by atoms with Crippen molar-refractivity contribution in [1.82, 2.24) is 0 Å². The van der Waals surface area contributed by atoms with Crippen LogP contribution < -0.4 is 4.74 Å². The fourth-order valence-electron chi connectivity index (χ4n) is 2.78. The number of allylic oxidation sites excluding steroid dienone is 4. The highest BCUT2D eigenvalue weighted by Gasteiger charge is 2.04. The van der Waals surface area contributed by atoms with Crippen molar-refractivity contribution in [1.29, 1.82) is 0 Å². The number of carbonyl (C=O) groups is 1. The van der Waals surface area contributed by atoms with Crippen molar-refractivity contribution < 1.29 is 14.6 Å². The summed E-state index contributed by atoms with van der Waals surface area (Å²) in [5.41, 5.74) is 0. The molecule has 0 heterocycles. The zero-order chi connectivity index (χ0) is 19.6. The lowest BCUT2D eigenvalue weighted by atomic mass is 10.1. The van der Waals surface area contributed by atoms with E-state index >= 15 is 0 Å². The topological polar surface area (TPSA) is 46.5 Å². The Labute approximate surface area is 165 Å². The third-order valence-corrected chi connectivity index (χ3v) is 4.40. The SMILES string of the molecule is CCCCC/C=C\C/C=C\CCCCCCCC(=O)Oc1ccc(O)cc1. The maximum atomic E-state index is 11.7. The van der Waals surface area contributed by atoms with Crippen molar-refractivity contribution in [2.75, 3.05) is 0 Å². The smallest absolute Gasteiger partial charge is 0.311 e. The molecule has 0 saturated heterocycles. The average Bonchev–Trinajstić information content (AvgIpc) is 2.66. The summed E-state index contributed by atoms with van der Waals surface area (Å²) in [4.78, 5) is 11.7. The van der Waals surface area contributed by atoms with E-state index in [-0.39, 0.29) is 11.7 Å². The monoisotopic (exact) mass is 372 g/mol. The van der Waals surface area contributed by atoms with Crippen LogP contribution in [0.3, 0.4) is 0 Å². The van der Waals surface area contributed by atoms with Gasteiger partial charge in [-0.15, -0.1) is 0 Å². The minimum absolute atomic E-state index is 0.170. The van der Waals surface area contributed by atoms with Crippen LogP contribution in [0.4, 0.5) is 0 Å². The highest BCUT2D eigenvalue weighted by molar-refractivity contribution is 5.72. The zero-order valence-corrected chi connectivity index (χ0v) is 16.9. The largest absolute Gasteiger partial charge is 0.508 e. The van der Waals surface area contributed by atoms with Crippen molar-refractivity contribution in [3.05, 3.63) is 48.6 Å². The molecule has 150 valence electrons. The minimum atomic E-state index is -0.202. The first-order chi connectivity index (χ1) is 13.2. The summed E-state index contributed by atoms with van der Waals surface area (Å²) in [5, 5.41) is 9.20. The van der Waals surface area contributed by atoms with Gasteiger partial charge >= 0.3 is 5.97 Å². The molecule has 0 atom stereocenters. The number of phenolic OH excluding ortho intramolecular Hbond substituents is 1. The summed E-state index contributed by atoms with van der Waals surface area (Å²) in [6, 6.07) is 6.23. The number of hydrogen-bond donors (Lipinski definition) is 1. The Balaban J connectivity index is 1.90. The van der Waals surface area contributed by atoms with Crippen molar-refractivity contribution in [2.45, 2.75) is 84.0 Å². The number of esters is 1. The number of carbonyl (C=O) groups excluding carboxylic acids is 1. The predicted octanol–water partition coefficient (Wildman–Crippen LogP) is 7.11. The van der Waals surface area contributed by atoms with Crippen LogP contribution in [0.15, 0.2) is 48.6 Å². The van der Waals surface area contributed by atoms with Crippen LogP contribution in [0.1, 0.15) is 84.0 Å². The van der Waals surface area contributed by atoms with Crippen LogP contribution >= 0.6 is 0 Å². The lowest BCUT2D eigenvalue weighted by Crippen LogP contribution is -2.07. The molecule has 0 unspecified atom stereocenters. The van der Waals surface area contributed by atoms with Gasteiger partial charge in [0.05, 0.1) is 0 Å². The van der Waals surface area contributed by atoms with E-state index in [1.807, 2.05) is 0 Å². The molecule has 0 fully saturated rings. The summed E-state index contributed by atoms with van der Waals surface area (Å²) in [7, 11) is 0. The van der Waals surface area contributed by atoms with Gasteiger partial charge in [0.15, 0.2) is 0 Å². The summed E-state index contributed by atoms with van der Waals surface area (Å²) < 4.78 is 5.22. The Bertz CT molecular complexity index is 543. The average molecular weight is 373 g/mol. The van der Waals surface area contributed by atoms with E-state index in [2.05, 4.69) is 31.2 Å². The van der Waals surface area contributed by atoms with E-state index in [1.54, 1.807) is 12.1 Å². The van der Waals surface area contributed by atoms with Crippen LogP contribution in [0.2, 0.25) is 0 Å². The highest BCUT2D eigenvalue weighted by Crippen LogP contribution is 2.17. The first kappa shape index (κ1) is 23.0. The lowest BCUT2D eigenvalue weighted by molar-refractivity contribution is -0.134. The Morgan fingerprint density at radius 3 is 2.11 bits per heavy atom. The van der Waals surface area contributed by atoms with E-state index in [0.29, 0.717) is 12.2 Å². The van der Waals surface area contributed by atoms with Crippen LogP contribution in [0.25, 0.3) is 0 Å². The van der Waals surface area contributed by atoms with E-state index in [0.717, 1.165) is 32.1 Å². The number of ether oxygens (including phenoxy) is 1. The van der Waals surface area contributed by atoms with Gasteiger partial charge < -0.3 is 9.84 Å². The molecule has 0 radical (unpaired) electrons. The Kier molecular flexibility index (Phi) is 13.8. The number of aromatic hydroxyl groups is 1. The summed E-state index contributed by atoms with van der Waals surface area (Å²) in [6.07, 6.45) is 22.4. The molecule has 0 aromatic heterocycles. The van der Waals surface area contributed by atoms with Crippen LogP contribution in [-0.2, 0) is 4.79 Å². The van der Waals surface area contributed by atoms with E-state index in [4.69, 9.17) is 4.74 Å². The van der Waals surface area contributed by atoms with Gasteiger partial charge in [-0.25, -0.2) is 0 Å². The summed E-state index contributed by atoms with van der Waals surface area (Å²) in [6.45, 7) is 2.24. The Hall–Kier alpha value is -2.03. The van der Waals surface area contributed by atoms with Gasteiger partial charge in [0.25, 0.3) is 0 Å². The second-order valence-electron chi connectivity index (χ2n) is 6.95. The van der Waals surface area contributed by atoms with Crippen LogP contribution in [0.5, 0.6) is 11.5 Å². The second-order valence-corrected chi connectivity index (χ2v) is 6.95. The Morgan fingerprint density at radius 1 is 0.852 bits per heavy atom. The molecule has 3 heteroatoms. The third kappa shape index (κ3) is 13.8. The molecule has 0 spiro atoms. The van der Waals surface area contributed by atoms with Gasteiger partial charge in [-0.3, -0.25) is 4.79 Å². The predicted molar refractivity (Wildman–Crippen MR) is 113 cm³/mol. The molecule has 0 aliphatic heterocycles. The van der Waals surface area contributed by atoms with E-state index < -0.39 is 0 Å². The number of phenols is 1. The Morgan fingerprint density at radius 2 is 1.44 bits per heavy atom. The maximum Gasteiger partial charge on any atom is 0.311 e. The van der Waals surface area contributed by atoms with E-state index in [1.165, 1.54) is 50.7 Å². The van der Waals surface area contributed by atoms with Gasteiger partial charge in [0.2, 0.25) is 0 Å². The van der Waals surface area contributed by atoms with Gasteiger partial charge in [0.1, 0.15) is 11.5 Å². The lowest BCUT2D eigenvalue weighted by Gasteiger charge is -2.04. The second kappa shape index (κ2) is 16.2. The summed E-state index contributed by atoms with van der Waals surface area (Å²) >= 11 is 0. The summed E-state index contributed by atoms with van der Waals surface area (Å²) in [5.74, 6) is 0.454. The zero-order valence-electron chi connectivity index (χ0n) is 16.9. The molecule has 1 aromatic carbocycles. The molecule has 27 heavy (non-hydrogen) atoms. The molecule has 0 amide bonds. The fraction of sp³-hybridized carbons (Fsp3) is 0.542.